The van der Waals surface area contributed by atoms with Crippen LogP contribution in [-0.2, 0) is 0 Å². The Kier molecular flexibility index (Phi) is 7.93. The van der Waals surface area contributed by atoms with Crippen LogP contribution >= 0.6 is 0 Å². The second-order valence-corrected chi connectivity index (χ2v) is 4.14. The summed E-state index contributed by atoms with van der Waals surface area (Å²) in [6.07, 6.45) is -12.4. The minimum atomic E-state index is -5.17. The van der Waals surface area contributed by atoms with E-state index in [0.717, 1.165) is 12.1 Å². The smallest absolute Gasteiger partial charge is 0.388 e. The van der Waals surface area contributed by atoms with Gasteiger partial charge in [-0.2, -0.15) is 23.7 Å². The fourth-order valence-electron chi connectivity index (χ4n) is 1.64. The van der Waals surface area contributed by atoms with Gasteiger partial charge in [-0.3, -0.25) is 0 Å². The summed E-state index contributed by atoms with van der Waals surface area (Å²) in [6.45, 7) is 0. The zero-order valence-electron chi connectivity index (χ0n) is 10.9. The molecule has 1 rings (SSSR count). The quantitative estimate of drug-likeness (QED) is 0.531. The number of aliphatic hydroxyl groups excluding tert-OH is 2. The standard InChI is InChI=1S/C12H6F6N2O2.Ce/c13-9-4(2-19)5(3-20)10(14)11(15)8(9)6(21)1-7(22)12(16,17)18;/h6-7,21-22H,1H2;. The van der Waals surface area contributed by atoms with Crippen LogP contribution in [0.4, 0.5) is 26.3 Å². The molecule has 0 heterocycles. The van der Waals surface area contributed by atoms with E-state index in [1.54, 1.807) is 0 Å². The summed E-state index contributed by atoms with van der Waals surface area (Å²) in [5.41, 5.74) is -4.09. The van der Waals surface area contributed by atoms with E-state index in [4.69, 9.17) is 15.6 Å². The van der Waals surface area contributed by atoms with E-state index in [1.807, 2.05) is 0 Å². The molecule has 0 fully saturated rings. The molecule has 0 aliphatic heterocycles. The van der Waals surface area contributed by atoms with Gasteiger partial charge in [0.1, 0.15) is 23.3 Å². The third-order valence-electron chi connectivity index (χ3n) is 2.74. The summed E-state index contributed by atoms with van der Waals surface area (Å²) in [7, 11) is 0. The number of hydrogen-bond donors (Lipinski definition) is 2. The van der Waals surface area contributed by atoms with Crippen LogP contribution in [-0.4, -0.2) is 22.5 Å². The first kappa shape index (κ1) is 22.1. The van der Waals surface area contributed by atoms with Gasteiger partial charge < -0.3 is 10.2 Å². The summed E-state index contributed by atoms with van der Waals surface area (Å²) in [6, 6.07) is 2.10. The molecular weight excluding hydrogens is 458 g/mol. The molecule has 0 radical (unpaired) electrons. The van der Waals surface area contributed by atoms with Crippen LogP contribution in [0.25, 0.3) is 0 Å². The molecule has 122 valence electrons. The van der Waals surface area contributed by atoms with E-state index < -0.39 is 58.9 Å². The Morgan fingerprint density at radius 1 is 0.913 bits per heavy atom. The fraction of sp³-hybridized carbons (Fsp3) is 0.333. The van der Waals surface area contributed by atoms with Crippen molar-refractivity contribution in [3.63, 3.8) is 0 Å². The number of benzene rings is 1. The molecule has 0 aliphatic carbocycles. The number of aliphatic hydroxyl groups is 2. The van der Waals surface area contributed by atoms with Gasteiger partial charge in [-0.15, -0.1) is 0 Å². The Morgan fingerprint density at radius 2 is 1.35 bits per heavy atom. The maximum Gasteiger partial charge on any atom is 0.414 e. The van der Waals surface area contributed by atoms with E-state index in [9.17, 15) is 31.4 Å². The normalized spacial score (nSPS) is 13.5. The van der Waals surface area contributed by atoms with Crippen molar-refractivity contribution in [1.82, 2.24) is 0 Å². The summed E-state index contributed by atoms with van der Waals surface area (Å²) < 4.78 is 77.4. The van der Waals surface area contributed by atoms with Crippen LogP contribution in [0.3, 0.4) is 0 Å². The Labute approximate surface area is 159 Å². The predicted octanol–water partition coefficient (Wildman–Crippen LogP) is 2.19. The molecule has 0 amide bonds. The number of hydrogen-bond acceptors (Lipinski definition) is 4. The molecule has 0 saturated heterocycles. The molecule has 11 heteroatoms. The van der Waals surface area contributed by atoms with Crippen LogP contribution in [0.2, 0.25) is 0 Å². The SMILES string of the molecule is N#Cc1c(F)c(F)c(C(O)CC(O)C(F)(F)F)c(F)c1C#N.[Ce]. The van der Waals surface area contributed by atoms with Crippen LogP contribution < -0.4 is 0 Å². The van der Waals surface area contributed by atoms with E-state index in [1.165, 1.54) is 0 Å². The topological polar surface area (TPSA) is 88.0 Å². The summed E-state index contributed by atoms with van der Waals surface area (Å²) in [5, 5.41) is 35.3. The Morgan fingerprint density at radius 3 is 1.74 bits per heavy atom. The van der Waals surface area contributed by atoms with Gasteiger partial charge in [0.25, 0.3) is 0 Å². The first-order valence-corrected chi connectivity index (χ1v) is 5.49. The third kappa shape index (κ3) is 4.55. The molecular formula is C12H6CeF6N2O2. The van der Waals surface area contributed by atoms with Crippen molar-refractivity contribution in [2.24, 2.45) is 0 Å². The molecule has 0 saturated carbocycles. The number of alkyl halides is 3. The molecule has 23 heavy (non-hydrogen) atoms. The monoisotopic (exact) mass is 464 g/mol. The predicted molar refractivity (Wildman–Crippen MR) is 57.4 cm³/mol. The number of nitriles is 2. The minimum absolute atomic E-state index is 0. The first-order chi connectivity index (χ1) is 10.1. The van der Waals surface area contributed by atoms with Gasteiger partial charge in [-0.25, -0.2) is 13.2 Å². The van der Waals surface area contributed by atoms with Crippen molar-refractivity contribution in [2.45, 2.75) is 24.8 Å². The zero-order valence-corrected chi connectivity index (χ0v) is 14.1. The molecule has 1 aromatic carbocycles. The second kappa shape index (κ2) is 8.26. The van der Waals surface area contributed by atoms with Gasteiger partial charge in [0.05, 0.1) is 11.7 Å². The maximum atomic E-state index is 13.9. The summed E-state index contributed by atoms with van der Waals surface area (Å²) >= 11 is 0. The van der Waals surface area contributed by atoms with E-state index in [-0.39, 0.29) is 41.7 Å². The third-order valence-corrected chi connectivity index (χ3v) is 2.74. The van der Waals surface area contributed by atoms with E-state index in [0.29, 0.717) is 0 Å². The van der Waals surface area contributed by atoms with Crippen LogP contribution in [0, 0.1) is 81.9 Å². The van der Waals surface area contributed by atoms with Crippen LogP contribution in [0.1, 0.15) is 29.2 Å². The van der Waals surface area contributed by atoms with Crippen molar-refractivity contribution < 1.29 is 78.3 Å². The average Bonchev–Trinajstić information content (AvgIpc) is 2.41. The molecule has 0 aromatic heterocycles. The largest absolute Gasteiger partial charge is 0.414 e. The maximum absolute atomic E-state index is 13.9. The number of halogens is 6. The Bertz CT molecular complexity index is 680. The van der Waals surface area contributed by atoms with E-state index in [2.05, 4.69) is 0 Å². The molecule has 1 aromatic rings. The van der Waals surface area contributed by atoms with Gasteiger partial charge >= 0.3 is 6.18 Å². The van der Waals surface area contributed by atoms with Crippen molar-refractivity contribution in [3.8, 4) is 12.1 Å². The number of nitrogens with zero attached hydrogens (tertiary/aromatic N) is 2. The molecule has 0 aliphatic rings. The fourth-order valence-corrected chi connectivity index (χ4v) is 1.64. The van der Waals surface area contributed by atoms with Gasteiger partial charge in [0, 0.05) is 48.2 Å². The van der Waals surface area contributed by atoms with Crippen LogP contribution in [0.5, 0.6) is 0 Å². The zero-order chi connectivity index (χ0) is 17.2. The molecule has 0 spiro atoms. The van der Waals surface area contributed by atoms with Crippen molar-refractivity contribution >= 4 is 0 Å². The molecule has 4 nitrogen and oxygen atoms in total. The molecule has 2 N–H and O–H groups in total. The second-order valence-electron chi connectivity index (χ2n) is 4.14. The van der Waals surface area contributed by atoms with Gasteiger partial charge in [-0.05, 0) is 0 Å². The van der Waals surface area contributed by atoms with Gasteiger partial charge in [-0.1, -0.05) is 0 Å². The molecule has 2 unspecified atom stereocenters. The summed E-state index contributed by atoms with van der Waals surface area (Å²) in [4.78, 5) is 0. The summed E-state index contributed by atoms with van der Waals surface area (Å²) in [5.74, 6) is -5.94. The minimum Gasteiger partial charge on any atom is -0.388 e. The Balaban J connectivity index is 0.00000484. The van der Waals surface area contributed by atoms with Crippen molar-refractivity contribution in [2.75, 3.05) is 0 Å². The van der Waals surface area contributed by atoms with Crippen molar-refractivity contribution in [1.29, 1.82) is 10.5 Å². The Hall–Kier alpha value is -0.923. The molecule has 2 atom stereocenters. The average molecular weight is 464 g/mol. The van der Waals surface area contributed by atoms with E-state index >= 15 is 0 Å². The molecule has 0 bridgehead atoms. The van der Waals surface area contributed by atoms with Gasteiger partial charge in [0.15, 0.2) is 23.6 Å². The number of rotatable bonds is 3. The van der Waals surface area contributed by atoms with Crippen molar-refractivity contribution in [3.05, 3.63) is 34.1 Å². The first-order valence-electron chi connectivity index (χ1n) is 5.49. The van der Waals surface area contributed by atoms with Gasteiger partial charge in [0.2, 0.25) is 0 Å². The van der Waals surface area contributed by atoms with Crippen LogP contribution in [0.15, 0.2) is 0 Å².